The van der Waals surface area contributed by atoms with Crippen molar-refractivity contribution in [2.75, 3.05) is 19.5 Å². The minimum Gasteiger partial charge on any atom is -0.464 e. The molecular formula is C5H10N3O2S+. The van der Waals surface area contributed by atoms with Crippen molar-refractivity contribution in [2.24, 2.45) is 0 Å². The Labute approximate surface area is 67.5 Å². The lowest BCUT2D eigenvalue weighted by atomic mass is 10.9. The molecule has 0 amide bonds. The molecular weight excluding hydrogens is 166 g/mol. The summed E-state index contributed by atoms with van der Waals surface area (Å²) in [5.74, 6) is 0. The van der Waals surface area contributed by atoms with Crippen LogP contribution >= 0.6 is 10.9 Å². The minimum absolute atomic E-state index is 0.291. The van der Waals surface area contributed by atoms with E-state index < -0.39 is 10.9 Å². The molecule has 0 aliphatic rings. The molecule has 1 aromatic rings. The van der Waals surface area contributed by atoms with Crippen LogP contribution in [0.4, 0.5) is 5.13 Å². The lowest BCUT2D eigenvalue weighted by Gasteiger charge is -1.80. The van der Waals surface area contributed by atoms with Crippen molar-refractivity contribution in [3.8, 4) is 6.01 Å². The summed E-state index contributed by atoms with van der Waals surface area (Å²) in [5, 5.41) is 0.378. The molecule has 1 atom stereocenters. The Morgan fingerprint density at radius 3 is 2.82 bits per heavy atom. The maximum absolute atomic E-state index is 5.47. The Hall–Kier alpha value is -0.880. The molecule has 1 heterocycles. The molecule has 1 unspecified atom stereocenters. The number of aromatic nitrogens is 2. The Morgan fingerprint density at radius 1 is 1.64 bits per heavy atom. The van der Waals surface area contributed by atoms with Crippen LogP contribution in [-0.4, -0.2) is 23.1 Å². The van der Waals surface area contributed by atoms with E-state index in [1.807, 2.05) is 6.92 Å². The van der Waals surface area contributed by atoms with E-state index in [1.165, 1.54) is 7.11 Å². The average molecular weight is 176 g/mol. The lowest BCUT2D eigenvalue weighted by Crippen LogP contribution is -1.94. The lowest BCUT2D eigenvalue weighted by molar-refractivity contribution is 0.384. The van der Waals surface area contributed by atoms with Gasteiger partial charge in [0.25, 0.3) is 0 Å². The van der Waals surface area contributed by atoms with Gasteiger partial charge in [-0.1, -0.05) is 0 Å². The molecule has 5 nitrogen and oxygen atoms in total. The first-order valence-corrected chi connectivity index (χ1v) is 4.23. The minimum atomic E-state index is -0.711. The molecule has 1 rings (SSSR count). The summed E-state index contributed by atoms with van der Waals surface area (Å²) in [7, 11) is 0.783. The third-order valence-electron chi connectivity index (χ3n) is 0.958. The number of nitrogens with zero attached hydrogens (tertiary/aromatic N) is 2. The molecule has 0 radical (unpaired) electrons. The first-order valence-electron chi connectivity index (χ1n) is 3.12. The van der Waals surface area contributed by atoms with Crippen LogP contribution in [0.15, 0.2) is 0 Å². The van der Waals surface area contributed by atoms with Crippen molar-refractivity contribution in [2.45, 2.75) is 6.92 Å². The Morgan fingerprint density at radius 2 is 2.36 bits per heavy atom. The van der Waals surface area contributed by atoms with Crippen molar-refractivity contribution in [1.82, 2.24) is 9.36 Å². The first kappa shape index (κ1) is 8.22. The number of hydrogen-bond acceptors (Lipinski definition) is 5. The molecule has 6 heteroatoms. The smallest absolute Gasteiger partial charge is 0.404 e. The maximum Gasteiger partial charge on any atom is 0.404 e. The highest BCUT2D eigenvalue weighted by atomic mass is 32.2. The largest absolute Gasteiger partial charge is 0.464 e. The van der Waals surface area contributed by atoms with Gasteiger partial charge in [0, 0.05) is 0 Å². The molecule has 0 aliphatic heterocycles. The van der Waals surface area contributed by atoms with Crippen LogP contribution in [0.1, 0.15) is 6.92 Å². The van der Waals surface area contributed by atoms with E-state index >= 15 is 0 Å². The molecule has 0 spiro atoms. The molecule has 0 bridgehead atoms. The summed E-state index contributed by atoms with van der Waals surface area (Å²) in [6.07, 6.45) is 0. The molecule has 0 saturated heterocycles. The molecule has 0 aliphatic carbocycles. The number of nitrogens with two attached hydrogens (primary N) is 1. The van der Waals surface area contributed by atoms with E-state index in [4.69, 9.17) is 14.7 Å². The van der Waals surface area contributed by atoms with Gasteiger partial charge >= 0.3 is 22.1 Å². The second kappa shape index (κ2) is 3.49. The van der Waals surface area contributed by atoms with E-state index in [2.05, 4.69) is 9.36 Å². The summed E-state index contributed by atoms with van der Waals surface area (Å²) < 4.78 is 13.9. The van der Waals surface area contributed by atoms with Crippen LogP contribution in [0.25, 0.3) is 0 Å². The second-order valence-corrected chi connectivity index (χ2v) is 3.02. The predicted molar refractivity (Wildman–Crippen MR) is 42.6 cm³/mol. The van der Waals surface area contributed by atoms with Crippen LogP contribution < -0.4 is 14.7 Å². The number of rotatable bonds is 3. The summed E-state index contributed by atoms with van der Waals surface area (Å²) in [6, 6.07) is 0.291. The number of ether oxygens (including phenoxy) is 1. The van der Waals surface area contributed by atoms with Gasteiger partial charge < -0.3 is 10.5 Å². The monoisotopic (exact) mass is 176 g/mol. The van der Waals surface area contributed by atoms with Gasteiger partial charge in [-0.25, -0.2) is 0 Å². The number of anilines is 1. The van der Waals surface area contributed by atoms with Crippen molar-refractivity contribution in [3.05, 3.63) is 0 Å². The predicted octanol–water partition coefficient (Wildman–Crippen LogP) is 0.265. The summed E-state index contributed by atoms with van der Waals surface area (Å²) in [5.41, 5.74) is 5.47. The standard InChI is InChI=1S/C5H10N3O2S/c1-3-10-11-4(6)7-5(8-11)9-2/h3H2,1-2H3,(H2,6,7,8)/q+1. The van der Waals surface area contributed by atoms with E-state index in [0.717, 1.165) is 0 Å². The van der Waals surface area contributed by atoms with Gasteiger partial charge in [-0.05, 0) is 6.92 Å². The molecule has 0 saturated carbocycles. The van der Waals surface area contributed by atoms with Crippen molar-refractivity contribution in [3.63, 3.8) is 0 Å². The van der Waals surface area contributed by atoms with E-state index in [1.54, 1.807) is 0 Å². The molecule has 0 aromatic carbocycles. The summed E-state index contributed by atoms with van der Waals surface area (Å²) in [4.78, 5) is 3.82. The average Bonchev–Trinajstić information content (AvgIpc) is 2.33. The Balaban J connectivity index is 2.79. The zero-order chi connectivity index (χ0) is 8.27. The zero-order valence-corrected chi connectivity index (χ0v) is 7.22. The van der Waals surface area contributed by atoms with Crippen LogP contribution in [0.2, 0.25) is 0 Å². The van der Waals surface area contributed by atoms with Gasteiger partial charge in [-0.15, -0.1) is 9.17 Å². The van der Waals surface area contributed by atoms with Gasteiger partial charge in [0.2, 0.25) is 0 Å². The molecule has 11 heavy (non-hydrogen) atoms. The fourth-order valence-electron chi connectivity index (χ4n) is 0.553. The third kappa shape index (κ3) is 1.78. The number of nitrogen functional groups attached to an aromatic ring is 1. The second-order valence-electron chi connectivity index (χ2n) is 1.68. The maximum atomic E-state index is 5.47. The molecule has 0 fully saturated rings. The highest BCUT2D eigenvalue weighted by molar-refractivity contribution is 7.24. The fourth-order valence-corrected chi connectivity index (χ4v) is 1.46. The zero-order valence-electron chi connectivity index (χ0n) is 6.40. The summed E-state index contributed by atoms with van der Waals surface area (Å²) >= 11 is 0. The number of methoxy groups -OCH3 is 1. The summed E-state index contributed by atoms with van der Waals surface area (Å²) in [6.45, 7) is 2.44. The van der Waals surface area contributed by atoms with Crippen LogP contribution in [0, 0.1) is 0 Å². The first-order chi connectivity index (χ1) is 5.27. The van der Waals surface area contributed by atoms with Gasteiger partial charge in [-0.2, -0.15) is 0 Å². The van der Waals surface area contributed by atoms with Crippen LogP contribution in [0.5, 0.6) is 6.01 Å². The van der Waals surface area contributed by atoms with Gasteiger partial charge in [0.1, 0.15) is 6.61 Å². The van der Waals surface area contributed by atoms with Crippen LogP contribution in [-0.2, 0) is 0 Å². The topological polar surface area (TPSA) is 70.3 Å². The van der Waals surface area contributed by atoms with Crippen LogP contribution in [0.3, 0.4) is 0 Å². The fraction of sp³-hybridized carbons (Fsp3) is 0.600. The normalized spacial score (nSPS) is 11.6. The van der Waals surface area contributed by atoms with Crippen molar-refractivity contribution < 1.29 is 8.92 Å². The Kier molecular flexibility index (Phi) is 2.61. The molecule has 1 aromatic heterocycles. The molecule has 62 valence electrons. The van der Waals surface area contributed by atoms with Gasteiger partial charge in [0.15, 0.2) is 0 Å². The van der Waals surface area contributed by atoms with Crippen molar-refractivity contribution >= 4 is 16.1 Å². The van der Waals surface area contributed by atoms with E-state index in [9.17, 15) is 0 Å². The Bertz CT molecular complexity index is 238. The van der Waals surface area contributed by atoms with E-state index in [-0.39, 0.29) is 0 Å². The van der Waals surface area contributed by atoms with E-state index in [0.29, 0.717) is 17.7 Å². The van der Waals surface area contributed by atoms with Gasteiger partial charge in [0.05, 0.1) is 11.5 Å². The third-order valence-corrected chi connectivity index (χ3v) is 2.19. The SMILES string of the molecule is CCO[s+]1nc(OC)nc1N. The number of hydrogen-bond donors (Lipinski definition) is 1. The van der Waals surface area contributed by atoms with Gasteiger partial charge in [-0.3, -0.25) is 0 Å². The van der Waals surface area contributed by atoms with Crippen molar-refractivity contribution in [1.29, 1.82) is 0 Å². The quantitative estimate of drug-likeness (QED) is 0.669. The highest BCUT2D eigenvalue weighted by Crippen LogP contribution is 2.23. The molecule has 2 N–H and O–H groups in total. The highest BCUT2D eigenvalue weighted by Gasteiger charge is 2.21.